The molecular formula is C23H28BrFN2O3. The molecule has 0 aliphatic rings. The Balaban J connectivity index is 2.17. The second-order valence-corrected chi connectivity index (χ2v) is 8.37. The average Bonchev–Trinajstić information content (AvgIpc) is 2.72. The number of amides is 2. The van der Waals surface area contributed by atoms with Crippen molar-refractivity contribution in [1.29, 1.82) is 0 Å². The third-order valence-electron chi connectivity index (χ3n) is 4.51. The fourth-order valence-electron chi connectivity index (χ4n) is 2.89. The van der Waals surface area contributed by atoms with E-state index >= 15 is 0 Å². The van der Waals surface area contributed by atoms with Crippen molar-refractivity contribution in [3.8, 4) is 5.75 Å². The molecule has 2 aromatic carbocycles. The van der Waals surface area contributed by atoms with Crippen molar-refractivity contribution >= 4 is 27.7 Å². The van der Waals surface area contributed by atoms with E-state index in [2.05, 4.69) is 21.2 Å². The smallest absolute Gasteiger partial charge is 0.261 e. The zero-order valence-corrected chi connectivity index (χ0v) is 19.1. The molecule has 0 bridgehead atoms. The number of carbonyl (C=O) groups is 2. The largest absolute Gasteiger partial charge is 0.484 e. The van der Waals surface area contributed by atoms with E-state index in [-0.39, 0.29) is 30.8 Å². The SMILES string of the molecule is CCC(C(=O)NCC(C)C)N(Cc1ccc(F)cc1)C(=O)COc1ccc(Br)cc1. The number of nitrogens with zero attached hydrogens (tertiary/aromatic N) is 1. The minimum Gasteiger partial charge on any atom is -0.484 e. The lowest BCUT2D eigenvalue weighted by atomic mass is 10.1. The molecule has 1 atom stereocenters. The number of ether oxygens (including phenoxy) is 1. The first-order chi connectivity index (χ1) is 14.3. The van der Waals surface area contributed by atoms with Crippen LogP contribution in [0.1, 0.15) is 32.8 Å². The van der Waals surface area contributed by atoms with Crippen LogP contribution in [-0.2, 0) is 16.1 Å². The molecule has 0 heterocycles. The standard InChI is InChI=1S/C23H28BrFN2O3/c1-4-21(23(29)26-13-16(2)3)27(14-17-5-9-19(25)10-6-17)22(28)15-30-20-11-7-18(24)8-12-20/h5-12,16,21H,4,13-15H2,1-3H3,(H,26,29). The van der Waals surface area contributed by atoms with E-state index in [1.165, 1.54) is 17.0 Å². The highest BCUT2D eigenvalue weighted by Gasteiger charge is 2.29. The van der Waals surface area contributed by atoms with Gasteiger partial charge < -0.3 is 15.0 Å². The molecule has 162 valence electrons. The van der Waals surface area contributed by atoms with Crippen LogP contribution < -0.4 is 10.1 Å². The molecule has 7 heteroatoms. The van der Waals surface area contributed by atoms with Crippen molar-refractivity contribution in [3.05, 3.63) is 64.4 Å². The lowest BCUT2D eigenvalue weighted by Gasteiger charge is -2.30. The van der Waals surface area contributed by atoms with Gasteiger partial charge in [-0.2, -0.15) is 0 Å². The summed E-state index contributed by atoms with van der Waals surface area (Å²) in [7, 11) is 0. The summed E-state index contributed by atoms with van der Waals surface area (Å²) in [6.07, 6.45) is 0.454. The predicted molar refractivity (Wildman–Crippen MR) is 119 cm³/mol. The molecule has 5 nitrogen and oxygen atoms in total. The maximum Gasteiger partial charge on any atom is 0.261 e. The second-order valence-electron chi connectivity index (χ2n) is 7.45. The predicted octanol–water partition coefficient (Wildman–Crippen LogP) is 4.55. The first-order valence-corrected chi connectivity index (χ1v) is 10.8. The van der Waals surface area contributed by atoms with Crippen molar-refractivity contribution in [2.24, 2.45) is 5.92 Å². The van der Waals surface area contributed by atoms with Gasteiger partial charge >= 0.3 is 0 Å². The Morgan fingerprint density at radius 1 is 1.10 bits per heavy atom. The Morgan fingerprint density at radius 2 is 1.73 bits per heavy atom. The van der Waals surface area contributed by atoms with Gasteiger partial charge in [-0.15, -0.1) is 0 Å². The van der Waals surface area contributed by atoms with Crippen LogP contribution in [0.25, 0.3) is 0 Å². The lowest BCUT2D eigenvalue weighted by molar-refractivity contribution is -0.143. The normalized spacial score (nSPS) is 11.8. The molecule has 0 fully saturated rings. The Labute approximate surface area is 185 Å². The maximum absolute atomic E-state index is 13.3. The molecule has 0 aromatic heterocycles. The van der Waals surface area contributed by atoms with Crippen LogP contribution in [0.15, 0.2) is 53.0 Å². The molecule has 1 N–H and O–H groups in total. The van der Waals surface area contributed by atoms with Crippen molar-refractivity contribution in [2.45, 2.75) is 39.8 Å². The number of hydrogen-bond donors (Lipinski definition) is 1. The van der Waals surface area contributed by atoms with Crippen molar-refractivity contribution in [1.82, 2.24) is 10.2 Å². The molecule has 0 aliphatic heterocycles. The number of nitrogens with one attached hydrogen (secondary N) is 1. The van der Waals surface area contributed by atoms with E-state index in [9.17, 15) is 14.0 Å². The second kappa shape index (κ2) is 11.7. The molecule has 1 unspecified atom stereocenters. The van der Waals surface area contributed by atoms with E-state index in [4.69, 9.17) is 4.74 Å². The Bertz CT molecular complexity index is 825. The van der Waals surface area contributed by atoms with E-state index in [1.807, 2.05) is 32.9 Å². The van der Waals surface area contributed by atoms with E-state index < -0.39 is 6.04 Å². The van der Waals surface area contributed by atoms with Gasteiger partial charge in [-0.3, -0.25) is 9.59 Å². The van der Waals surface area contributed by atoms with Gasteiger partial charge in [-0.1, -0.05) is 48.8 Å². The molecular weight excluding hydrogens is 451 g/mol. The molecule has 2 rings (SSSR count). The fraction of sp³-hybridized carbons (Fsp3) is 0.391. The summed E-state index contributed by atoms with van der Waals surface area (Å²) in [5.74, 6) is -0.00459. The number of carbonyl (C=O) groups excluding carboxylic acids is 2. The lowest BCUT2D eigenvalue weighted by Crippen LogP contribution is -2.50. The summed E-state index contributed by atoms with van der Waals surface area (Å²) in [6.45, 7) is 6.40. The van der Waals surface area contributed by atoms with Gasteiger partial charge in [0.2, 0.25) is 5.91 Å². The molecule has 0 spiro atoms. The first-order valence-electron chi connectivity index (χ1n) is 10.00. The summed E-state index contributed by atoms with van der Waals surface area (Å²) < 4.78 is 19.8. The highest BCUT2D eigenvalue weighted by atomic mass is 79.9. The number of benzene rings is 2. The summed E-state index contributed by atoms with van der Waals surface area (Å²) >= 11 is 3.36. The van der Waals surface area contributed by atoms with E-state index in [0.717, 1.165) is 10.0 Å². The summed E-state index contributed by atoms with van der Waals surface area (Å²) in [5.41, 5.74) is 0.739. The van der Waals surface area contributed by atoms with Gasteiger partial charge in [0.15, 0.2) is 6.61 Å². The van der Waals surface area contributed by atoms with E-state index in [1.54, 1.807) is 24.3 Å². The molecule has 2 amide bonds. The van der Waals surface area contributed by atoms with Crippen LogP contribution in [0.2, 0.25) is 0 Å². The van der Waals surface area contributed by atoms with Gasteiger partial charge in [0.05, 0.1) is 0 Å². The van der Waals surface area contributed by atoms with Crippen molar-refractivity contribution in [2.75, 3.05) is 13.2 Å². The van der Waals surface area contributed by atoms with Crippen LogP contribution in [0, 0.1) is 11.7 Å². The summed E-state index contributed by atoms with van der Waals surface area (Å²) in [5, 5.41) is 2.90. The number of halogens is 2. The Hall–Kier alpha value is -2.41. The first kappa shape index (κ1) is 23.9. The third-order valence-corrected chi connectivity index (χ3v) is 5.04. The van der Waals surface area contributed by atoms with Crippen LogP contribution in [0.5, 0.6) is 5.75 Å². The maximum atomic E-state index is 13.3. The van der Waals surface area contributed by atoms with Crippen LogP contribution in [0.4, 0.5) is 4.39 Å². The van der Waals surface area contributed by atoms with Crippen LogP contribution in [-0.4, -0.2) is 35.9 Å². The summed E-state index contributed by atoms with van der Waals surface area (Å²) in [4.78, 5) is 27.3. The monoisotopic (exact) mass is 478 g/mol. The Morgan fingerprint density at radius 3 is 2.30 bits per heavy atom. The molecule has 2 aromatic rings. The molecule has 30 heavy (non-hydrogen) atoms. The van der Waals surface area contributed by atoms with Gasteiger partial charge in [0, 0.05) is 17.6 Å². The molecule has 0 radical (unpaired) electrons. The zero-order chi connectivity index (χ0) is 22.1. The zero-order valence-electron chi connectivity index (χ0n) is 17.5. The highest BCUT2D eigenvalue weighted by Crippen LogP contribution is 2.17. The molecule has 0 aliphatic carbocycles. The molecule has 0 saturated carbocycles. The number of hydrogen-bond acceptors (Lipinski definition) is 3. The van der Waals surface area contributed by atoms with Crippen LogP contribution in [0.3, 0.4) is 0 Å². The fourth-order valence-corrected chi connectivity index (χ4v) is 3.15. The van der Waals surface area contributed by atoms with Crippen LogP contribution >= 0.6 is 15.9 Å². The molecule has 0 saturated heterocycles. The van der Waals surface area contributed by atoms with Crippen molar-refractivity contribution in [3.63, 3.8) is 0 Å². The summed E-state index contributed by atoms with van der Waals surface area (Å²) in [6, 6.07) is 12.4. The van der Waals surface area contributed by atoms with Gasteiger partial charge in [-0.25, -0.2) is 4.39 Å². The average molecular weight is 479 g/mol. The highest BCUT2D eigenvalue weighted by molar-refractivity contribution is 9.10. The van der Waals surface area contributed by atoms with Gasteiger partial charge in [-0.05, 0) is 54.3 Å². The Kier molecular flexibility index (Phi) is 9.30. The minimum atomic E-state index is -0.644. The topological polar surface area (TPSA) is 58.6 Å². The number of rotatable bonds is 10. The van der Waals surface area contributed by atoms with E-state index in [0.29, 0.717) is 24.6 Å². The van der Waals surface area contributed by atoms with Gasteiger partial charge in [0.25, 0.3) is 5.91 Å². The van der Waals surface area contributed by atoms with Gasteiger partial charge in [0.1, 0.15) is 17.6 Å². The quantitative estimate of drug-likeness (QED) is 0.544. The minimum absolute atomic E-state index is 0.191. The van der Waals surface area contributed by atoms with Crippen molar-refractivity contribution < 1.29 is 18.7 Å². The third kappa shape index (κ3) is 7.44.